The molecule has 1 aromatic heterocycles. The predicted octanol–water partition coefficient (Wildman–Crippen LogP) is 4.42. The van der Waals surface area contributed by atoms with E-state index in [0.29, 0.717) is 19.4 Å². The van der Waals surface area contributed by atoms with Gasteiger partial charge in [-0.3, -0.25) is 14.7 Å². The second-order valence-corrected chi connectivity index (χ2v) is 8.54. The van der Waals surface area contributed by atoms with E-state index >= 15 is 0 Å². The first-order valence-corrected chi connectivity index (χ1v) is 12.2. The SMILES string of the molecule is CCOc1ccccc1CCC(=O)Nc1ccccc1N1CCN(CCc2ccncc2)CC1. The molecule has 0 radical (unpaired) electrons. The lowest BCUT2D eigenvalue weighted by atomic mass is 10.1. The smallest absolute Gasteiger partial charge is 0.224 e. The van der Waals surface area contributed by atoms with Crippen molar-refractivity contribution in [3.63, 3.8) is 0 Å². The molecule has 6 heteroatoms. The second kappa shape index (κ2) is 12.2. The van der Waals surface area contributed by atoms with Crippen molar-refractivity contribution in [1.29, 1.82) is 0 Å². The Labute approximate surface area is 202 Å². The van der Waals surface area contributed by atoms with Crippen LogP contribution >= 0.6 is 0 Å². The summed E-state index contributed by atoms with van der Waals surface area (Å²) in [6.07, 6.45) is 5.83. The van der Waals surface area contributed by atoms with Crippen molar-refractivity contribution < 1.29 is 9.53 Å². The summed E-state index contributed by atoms with van der Waals surface area (Å²) >= 11 is 0. The molecule has 178 valence electrons. The summed E-state index contributed by atoms with van der Waals surface area (Å²) in [6.45, 7) is 7.58. The van der Waals surface area contributed by atoms with Gasteiger partial charge in [0.1, 0.15) is 5.75 Å². The number of nitrogens with one attached hydrogen (secondary N) is 1. The first-order chi connectivity index (χ1) is 16.7. The number of benzene rings is 2. The summed E-state index contributed by atoms with van der Waals surface area (Å²) < 4.78 is 5.69. The second-order valence-electron chi connectivity index (χ2n) is 8.54. The molecule has 1 aliphatic rings. The number of pyridine rings is 1. The van der Waals surface area contributed by atoms with Crippen LogP contribution in [0.5, 0.6) is 5.75 Å². The Morgan fingerprint density at radius 1 is 0.941 bits per heavy atom. The van der Waals surface area contributed by atoms with Crippen molar-refractivity contribution in [2.45, 2.75) is 26.2 Å². The fourth-order valence-corrected chi connectivity index (χ4v) is 4.37. The zero-order valence-corrected chi connectivity index (χ0v) is 20.0. The van der Waals surface area contributed by atoms with Gasteiger partial charge in [0.2, 0.25) is 5.91 Å². The van der Waals surface area contributed by atoms with E-state index in [4.69, 9.17) is 4.74 Å². The molecule has 4 rings (SSSR count). The first-order valence-electron chi connectivity index (χ1n) is 12.2. The van der Waals surface area contributed by atoms with Gasteiger partial charge in [0, 0.05) is 51.5 Å². The van der Waals surface area contributed by atoms with Crippen molar-refractivity contribution in [3.05, 3.63) is 84.2 Å². The average Bonchev–Trinajstić information content (AvgIpc) is 2.88. The Balaban J connectivity index is 1.29. The summed E-state index contributed by atoms with van der Waals surface area (Å²) in [7, 11) is 0. The van der Waals surface area contributed by atoms with E-state index in [1.165, 1.54) is 5.56 Å². The summed E-state index contributed by atoms with van der Waals surface area (Å²) in [5.74, 6) is 0.884. The van der Waals surface area contributed by atoms with Crippen LogP contribution < -0.4 is 15.0 Å². The Kier molecular flexibility index (Phi) is 8.52. The number of rotatable bonds is 10. The molecule has 2 heterocycles. The van der Waals surface area contributed by atoms with Crippen LogP contribution in [0.25, 0.3) is 0 Å². The Morgan fingerprint density at radius 2 is 1.68 bits per heavy atom. The normalized spacial score (nSPS) is 14.1. The lowest BCUT2D eigenvalue weighted by Gasteiger charge is -2.37. The summed E-state index contributed by atoms with van der Waals surface area (Å²) in [5.41, 5.74) is 4.38. The maximum Gasteiger partial charge on any atom is 0.224 e. The quantitative estimate of drug-likeness (QED) is 0.488. The molecule has 2 aromatic carbocycles. The third-order valence-corrected chi connectivity index (χ3v) is 6.25. The molecule has 1 fully saturated rings. The van der Waals surface area contributed by atoms with Gasteiger partial charge in [0.05, 0.1) is 18.0 Å². The molecule has 0 bridgehead atoms. The van der Waals surface area contributed by atoms with Gasteiger partial charge in [-0.25, -0.2) is 0 Å². The van der Waals surface area contributed by atoms with Crippen molar-refractivity contribution in [3.8, 4) is 5.75 Å². The zero-order chi connectivity index (χ0) is 23.6. The fourth-order valence-electron chi connectivity index (χ4n) is 4.37. The van der Waals surface area contributed by atoms with Gasteiger partial charge in [-0.15, -0.1) is 0 Å². The molecule has 3 aromatic rings. The average molecular weight is 459 g/mol. The number of anilines is 2. The number of para-hydroxylation sites is 3. The molecule has 0 unspecified atom stereocenters. The molecule has 1 N–H and O–H groups in total. The standard InChI is InChI=1S/C28H34N4O2/c1-2-34-27-10-6-3-7-24(27)11-12-28(33)30-25-8-4-5-9-26(25)32-21-19-31(20-22-32)18-15-23-13-16-29-17-14-23/h3-10,13-14,16-17H,2,11-12,15,18-22H2,1H3,(H,30,33). The Hall–Kier alpha value is -3.38. The number of piperazine rings is 1. The highest BCUT2D eigenvalue weighted by Gasteiger charge is 2.19. The highest BCUT2D eigenvalue weighted by Crippen LogP contribution is 2.27. The van der Waals surface area contributed by atoms with Crippen molar-refractivity contribution in [2.75, 3.05) is 49.5 Å². The van der Waals surface area contributed by atoms with E-state index in [1.54, 1.807) is 0 Å². The van der Waals surface area contributed by atoms with Crippen LogP contribution in [0.2, 0.25) is 0 Å². The molecule has 1 saturated heterocycles. The third kappa shape index (κ3) is 6.58. The number of amides is 1. The number of aromatic nitrogens is 1. The van der Waals surface area contributed by atoms with Crippen LogP contribution in [0.3, 0.4) is 0 Å². The van der Waals surface area contributed by atoms with Gasteiger partial charge in [0.15, 0.2) is 0 Å². The molecule has 0 atom stereocenters. The minimum atomic E-state index is 0.0229. The Bertz CT molecular complexity index is 1050. The third-order valence-electron chi connectivity index (χ3n) is 6.25. The van der Waals surface area contributed by atoms with Gasteiger partial charge in [0.25, 0.3) is 0 Å². The molecule has 0 aliphatic carbocycles. The summed E-state index contributed by atoms with van der Waals surface area (Å²) in [5, 5.41) is 3.15. The number of hydrogen-bond acceptors (Lipinski definition) is 5. The molecule has 34 heavy (non-hydrogen) atoms. The van der Waals surface area contributed by atoms with Crippen LogP contribution in [0.15, 0.2) is 73.1 Å². The van der Waals surface area contributed by atoms with Crippen molar-refractivity contribution in [1.82, 2.24) is 9.88 Å². The molecule has 6 nitrogen and oxygen atoms in total. The topological polar surface area (TPSA) is 57.7 Å². The molecular weight excluding hydrogens is 424 g/mol. The number of carbonyl (C=O) groups is 1. The van der Waals surface area contributed by atoms with E-state index < -0.39 is 0 Å². The minimum Gasteiger partial charge on any atom is -0.494 e. The van der Waals surface area contributed by atoms with Gasteiger partial charge in [-0.05, 0) is 61.2 Å². The van der Waals surface area contributed by atoms with Crippen LogP contribution in [0.4, 0.5) is 11.4 Å². The van der Waals surface area contributed by atoms with E-state index in [0.717, 1.165) is 61.8 Å². The number of ether oxygens (including phenoxy) is 1. The number of hydrogen-bond donors (Lipinski definition) is 1. The lowest BCUT2D eigenvalue weighted by molar-refractivity contribution is -0.116. The van der Waals surface area contributed by atoms with Crippen molar-refractivity contribution >= 4 is 17.3 Å². The first kappa shape index (κ1) is 23.8. The highest BCUT2D eigenvalue weighted by molar-refractivity contribution is 5.94. The van der Waals surface area contributed by atoms with E-state index in [2.05, 4.69) is 38.3 Å². The lowest BCUT2D eigenvalue weighted by Crippen LogP contribution is -2.47. The molecule has 1 amide bonds. The maximum absolute atomic E-state index is 12.8. The Morgan fingerprint density at radius 3 is 2.47 bits per heavy atom. The maximum atomic E-state index is 12.8. The van der Waals surface area contributed by atoms with Gasteiger partial charge < -0.3 is 15.0 Å². The summed E-state index contributed by atoms with van der Waals surface area (Å²) in [4.78, 5) is 21.8. The van der Waals surface area contributed by atoms with Gasteiger partial charge >= 0.3 is 0 Å². The van der Waals surface area contributed by atoms with Crippen LogP contribution in [-0.2, 0) is 17.6 Å². The molecular formula is C28H34N4O2. The largest absolute Gasteiger partial charge is 0.494 e. The van der Waals surface area contributed by atoms with Gasteiger partial charge in [-0.1, -0.05) is 30.3 Å². The number of nitrogens with zero attached hydrogens (tertiary/aromatic N) is 3. The molecule has 0 saturated carbocycles. The molecule has 0 spiro atoms. The highest BCUT2D eigenvalue weighted by atomic mass is 16.5. The number of carbonyl (C=O) groups excluding carboxylic acids is 1. The fraction of sp³-hybridized carbons (Fsp3) is 0.357. The minimum absolute atomic E-state index is 0.0229. The number of aryl methyl sites for hydroxylation is 1. The van der Waals surface area contributed by atoms with E-state index in [-0.39, 0.29) is 5.91 Å². The van der Waals surface area contributed by atoms with Crippen LogP contribution in [-0.4, -0.2) is 55.1 Å². The van der Waals surface area contributed by atoms with Crippen LogP contribution in [0, 0.1) is 0 Å². The van der Waals surface area contributed by atoms with Gasteiger partial charge in [-0.2, -0.15) is 0 Å². The van der Waals surface area contributed by atoms with E-state index in [9.17, 15) is 4.79 Å². The molecule has 1 aliphatic heterocycles. The predicted molar refractivity (Wildman–Crippen MR) is 138 cm³/mol. The zero-order valence-electron chi connectivity index (χ0n) is 20.0. The van der Waals surface area contributed by atoms with E-state index in [1.807, 2.05) is 61.8 Å². The monoisotopic (exact) mass is 458 g/mol. The summed E-state index contributed by atoms with van der Waals surface area (Å²) in [6, 6.07) is 20.2. The van der Waals surface area contributed by atoms with Crippen LogP contribution in [0.1, 0.15) is 24.5 Å². The van der Waals surface area contributed by atoms with Crippen molar-refractivity contribution in [2.24, 2.45) is 0 Å².